The topological polar surface area (TPSA) is 59.4 Å². The molecule has 6 heteroatoms. The van der Waals surface area contributed by atoms with Crippen molar-refractivity contribution in [1.29, 1.82) is 0 Å². The van der Waals surface area contributed by atoms with Crippen LogP contribution in [-0.2, 0) is 25.9 Å². The van der Waals surface area contributed by atoms with Crippen molar-refractivity contribution in [2.45, 2.75) is 57.7 Å². The monoisotopic (exact) mass is 458 g/mol. The SMILES string of the molecule is C=CCn1nc(C(=O)N2CCCCC2)c2c1CC[C@H](NCc1c(OC)ccc3ccccc13)C2. The van der Waals surface area contributed by atoms with Crippen LogP contribution < -0.4 is 10.1 Å². The molecule has 1 saturated heterocycles. The van der Waals surface area contributed by atoms with Gasteiger partial charge in [-0.3, -0.25) is 9.48 Å². The normalized spacial score (nSPS) is 18.0. The van der Waals surface area contributed by atoms with E-state index in [0.717, 1.165) is 63.1 Å². The number of likely N-dealkylation sites (tertiary alicyclic amines) is 1. The first-order chi connectivity index (χ1) is 16.7. The van der Waals surface area contributed by atoms with E-state index in [2.05, 4.69) is 42.2 Å². The minimum Gasteiger partial charge on any atom is -0.496 e. The lowest BCUT2D eigenvalue weighted by Gasteiger charge is -2.28. The lowest BCUT2D eigenvalue weighted by molar-refractivity contribution is 0.0716. The van der Waals surface area contributed by atoms with Gasteiger partial charge in [0, 0.05) is 42.5 Å². The predicted molar refractivity (Wildman–Crippen MR) is 135 cm³/mol. The largest absolute Gasteiger partial charge is 0.496 e. The first kappa shape index (κ1) is 22.7. The zero-order valence-electron chi connectivity index (χ0n) is 20.1. The van der Waals surface area contributed by atoms with Gasteiger partial charge in [-0.1, -0.05) is 36.4 Å². The quantitative estimate of drug-likeness (QED) is 0.530. The standard InChI is InChI=1S/C28H34N4O2/c1-3-15-32-25-13-12-21(18-23(25)27(30-32)28(33)31-16-7-4-8-17-31)29-19-24-22-10-6-5-9-20(22)11-14-26(24)34-2/h3,5-6,9-11,14,21,29H,1,4,7-8,12-13,15-19H2,2H3/t21-/m0/s1. The maximum atomic E-state index is 13.4. The molecule has 0 saturated carbocycles. The van der Waals surface area contributed by atoms with E-state index in [1.165, 1.54) is 28.5 Å². The van der Waals surface area contributed by atoms with E-state index in [4.69, 9.17) is 9.84 Å². The fraction of sp³-hybridized carbons (Fsp3) is 0.429. The lowest BCUT2D eigenvalue weighted by atomic mass is 9.90. The Morgan fingerprint density at radius 2 is 2.03 bits per heavy atom. The van der Waals surface area contributed by atoms with Crippen molar-refractivity contribution in [2.24, 2.45) is 0 Å². The number of amides is 1. The predicted octanol–water partition coefficient (Wildman–Crippen LogP) is 4.50. The summed E-state index contributed by atoms with van der Waals surface area (Å²) in [5, 5.41) is 11.0. The van der Waals surface area contributed by atoms with Crippen LogP contribution in [-0.4, -0.2) is 46.8 Å². The van der Waals surface area contributed by atoms with Crippen molar-refractivity contribution in [3.63, 3.8) is 0 Å². The summed E-state index contributed by atoms with van der Waals surface area (Å²) in [5.41, 5.74) is 4.14. The van der Waals surface area contributed by atoms with Gasteiger partial charge in [-0.05, 0) is 55.4 Å². The number of rotatable bonds is 7. The minimum atomic E-state index is 0.0927. The molecule has 0 bridgehead atoms. The molecule has 2 aliphatic rings. The van der Waals surface area contributed by atoms with Gasteiger partial charge >= 0.3 is 0 Å². The number of carbonyl (C=O) groups excluding carboxylic acids is 1. The summed E-state index contributed by atoms with van der Waals surface area (Å²) in [6, 6.07) is 12.9. The van der Waals surface area contributed by atoms with Gasteiger partial charge in [-0.2, -0.15) is 5.10 Å². The number of ether oxygens (including phenoxy) is 1. The second-order valence-corrected chi connectivity index (χ2v) is 9.39. The fourth-order valence-corrected chi connectivity index (χ4v) is 5.49. The number of carbonyl (C=O) groups is 1. The molecule has 1 atom stereocenters. The Bertz CT molecular complexity index is 1190. The Labute approximate surface area is 201 Å². The van der Waals surface area contributed by atoms with Gasteiger partial charge in [0.2, 0.25) is 0 Å². The molecule has 0 radical (unpaired) electrons. The average molecular weight is 459 g/mol. The van der Waals surface area contributed by atoms with Gasteiger partial charge in [0.05, 0.1) is 13.7 Å². The number of nitrogens with one attached hydrogen (secondary N) is 1. The van der Waals surface area contributed by atoms with Crippen molar-refractivity contribution in [1.82, 2.24) is 20.0 Å². The van der Waals surface area contributed by atoms with Crippen LogP contribution in [0.1, 0.15) is 53.0 Å². The smallest absolute Gasteiger partial charge is 0.274 e. The van der Waals surface area contributed by atoms with Crippen molar-refractivity contribution in [2.75, 3.05) is 20.2 Å². The van der Waals surface area contributed by atoms with Crippen LogP contribution in [0, 0.1) is 0 Å². The van der Waals surface area contributed by atoms with Crippen LogP contribution in [0.4, 0.5) is 0 Å². The molecule has 1 N–H and O–H groups in total. The summed E-state index contributed by atoms with van der Waals surface area (Å²) in [5.74, 6) is 0.998. The number of methoxy groups -OCH3 is 1. The van der Waals surface area contributed by atoms with Crippen molar-refractivity contribution in [3.8, 4) is 5.75 Å². The fourth-order valence-electron chi connectivity index (χ4n) is 5.49. The summed E-state index contributed by atoms with van der Waals surface area (Å²) in [6.45, 7) is 6.93. The zero-order valence-corrected chi connectivity index (χ0v) is 20.1. The Hall–Kier alpha value is -3.12. The Kier molecular flexibility index (Phi) is 6.68. The zero-order chi connectivity index (χ0) is 23.5. The molecule has 2 aromatic carbocycles. The number of hydrogen-bond acceptors (Lipinski definition) is 4. The molecule has 1 aliphatic heterocycles. The van der Waals surface area contributed by atoms with E-state index in [0.29, 0.717) is 12.2 Å². The molecular weight excluding hydrogens is 424 g/mol. The number of allylic oxidation sites excluding steroid dienone is 1. The van der Waals surface area contributed by atoms with Crippen LogP contribution in [0.2, 0.25) is 0 Å². The molecule has 1 aliphatic carbocycles. The molecule has 6 nitrogen and oxygen atoms in total. The maximum Gasteiger partial charge on any atom is 0.274 e. The molecule has 1 amide bonds. The number of hydrogen-bond donors (Lipinski definition) is 1. The van der Waals surface area contributed by atoms with E-state index >= 15 is 0 Å². The molecule has 1 aromatic heterocycles. The van der Waals surface area contributed by atoms with Gasteiger partial charge < -0.3 is 15.0 Å². The van der Waals surface area contributed by atoms with Crippen LogP contribution in [0.15, 0.2) is 49.1 Å². The second kappa shape index (κ2) is 10.0. The van der Waals surface area contributed by atoms with Crippen molar-refractivity contribution < 1.29 is 9.53 Å². The number of aromatic nitrogens is 2. The van der Waals surface area contributed by atoms with Crippen LogP contribution in [0.3, 0.4) is 0 Å². The molecule has 3 aromatic rings. The van der Waals surface area contributed by atoms with Crippen molar-refractivity contribution >= 4 is 16.7 Å². The van der Waals surface area contributed by atoms with Gasteiger partial charge in [-0.15, -0.1) is 6.58 Å². The Morgan fingerprint density at radius 1 is 1.21 bits per heavy atom. The van der Waals surface area contributed by atoms with E-state index < -0.39 is 0 Å². The Morgan fingerprint density at radius 3 is 2.82 bits per heavy atom. The number of fused-ring (bicyclic) bond motifs is 2. The summed E-state index contributed by atoms with van der Waals surface area (Å²) in [7, 11) is 1.73. The average Bonchev–Trinajstić information content (AvgIpc) is 3.25. The van der Waals surface area contributed by atoms with Crippen LogP contribution >= 0.6 is 0 Å². The number of nitrogens with zero attached hydrogens (tertiary/aromatic N) is 3. The summed E-state index contributed by atoms with van der Waals surface area (Å²) >= 11 is 0. The number of benzene rings is 2. The molecule has 0 unspecified atom stereocenters. The summed E-state index contributed by atoms with van der Waals surface area (Å²) < 4.78 is 7.67. The highest BCUT2D eigenvalue weighted by molar-refractivity contribution is 5.94. The van der Waals surface area contributed by atoms with Gasteiger partial charge in [0.1, 0.15) is 5.75 Å². The highest BCUT2D eigenvalue weighted by atomic mass is 16.5. The van der Waals surface area contributed by atoms with Crippen LogP contribution in [0.25, 0.3) is 10.8 Å². The van der Waals surface area contributed by atoms with Gasteiger partial charge in [-0.25, -0.2) is 0 Å². The number of piperidine rings is 1. The first-order valence-electron chi connectivity index (χ1n) is 12.5. The minimum absolute atomic E-state index is 0.0927. The third-order valence-electron chi connectivity index (χ3n) is 7.28. The molecule has 5 rings (SSSR count). The molecule has 2 heterocycles. The highest BCUT2D eigenvalue weighted by Crippen LogP contribution is 2.30. The summed E-state index contributed by atoms with van der Waals surface area (Å²) in [4.78, 5) is 15.4. The van der Waals surface area contributed by atoms with E-state index in [9.17, 15) is 4.79 Å². The first-order valence-corrected chi connectivity index (χ1v) is 12.5. The molecule has 1 fully saturated rings. The van der Waals surface area contributed by atoms with Gasteiger partial charge in [0.15, 0.2) is 5.69 Å². The molecule has 0 spiro atoms. The van der Waals surface area contributed by atoms with E-state index in [-0.39, 0.29) is 11.9 Å². The summed E-state index contributed by atoms with van der Waals surface area (Å²) in [6.07, 6.45) is 7.97. The highest BCUT2D eigenvalue weighted by Gasteiger charge is 2.31. The van der Waals surface area contributed by atoms with Crippen molar-refractivity contribution in [3.05, 3.63) is 71.6 Å². The Balaban J connectivity index is 1.38. The van der Waals surface area contributed by atoms with Crippen LogP contribution in [0.5, 0.6) is 5.75 Å². The molecule has 178 valence electrons. The maximum absolute atomic E-state index is 13.4. The second-order valence-electron chi connectivity index (χ2n) is 9.39. The third-order valence-corrected chi connectivity index (χ3v) is 7.28. The molecule has 34 heavy (non-hydrogen) atoms. The van der Waals surface area contributed by atoms with E-state index in [1.54, 1.807) is 7.11 Å². The van der Waals surface area contributed by atoms with Gasteiger partial charge in [0.25, 0.3) is 5.91 Å². The lowest BCUT2D eigenvalue weighted by Crippen LogP contribution is -2.38. The van der Waals surface area contributed by atoms with E-state index in [1.807, 2.05) is 21.7 Å². The third kappa shape index (κ3) is 4.34. The molecular formula is C28H34N4O2.